The van der Waals surface area contributed by atoms with Gasteiger partial charge in [-0.3, -0.25) is 14.5 Å². The molecule has 2 aliphatic heterocycles. The highest BCUT2D eigenvalue weighted by molar-refractivity contribution is 9.10. The van der Waals surface area contributed by atoms with E-state index in [9.17, 15) is 14.7 Å². The van der Waals surface area contributed by atoms with Crippen molar-refractivity contribution >= 4 is 33.4 Å². The van der Waals surface area contributed by atoms with E-state index >= 15 is 0 Å². The predicted molar refractivity (Wildman–Crippen MR) is 144 cm³/mol. The lowest BCUT2D eigenvalue weighted by atomic mass is 9.95. The van der Waals surface area contributed by atoms with Gasteiger partial charge in [0.25, 0.3) is 11.7 Å². The smallest absolute Gasteiger partial charge is 0.295 e. The molecule has 2 heterocycles. The number of hydrogen-bond donors (Lipinski definition) is 1. The highest BCUT2D eigenvalue weighted by Crippen LogP contribution is 2.42. The van der Waals surface area contributed by atoms with Crippen LogP contribution in [0.15, 0.2) is 65.2 Å². The number of hydrogen-bond acceptors (Lipinski definition) is 7. The molecule has 2 aromatic carbocycles. The van der Waals surface area contributed by atoms with E-state index < -0.39 is 17.7 Å². The maximum Gasteiger partial charge on any atom is 0.295 e. The number of aliphatic hydroxyl groups is 1. The molecule has 2 saturated heterocycles. The number of halogens is 1. The van der Waals surface area contributed by atoms with Crippen molar-refractivity contribution in [1.29, 1.82) is 0 Å². The van der Waals surface area contributed by atoms with Crippen LogP contribution in [0.4, 0.5) is 0 Å². The van der Waals surface area contributed by atoms with Crippen molar-refractivity contribution < 1.29 is 28.9 Å². The fourth-order valence-electron chi connectivity index (χ4n) is 4.63. The van der Waals surface area contributed by atoms with Gasteiger partial charge in [-0.2, -0.15) is 0 Å². The summed E-state index contributed by atoms with van der Waals surface area (Å²) in [5, 5.41) is 11.3. The summed E-state index contributed by atoms with van der Waals surface area (Å²) < 4.78 is 17.5. The molecule has 0 aliphatic carbocycles. The number of methoxy groups -OCH3 is 1. The summed E-state index contributed by atoms with van der Waals surface area (Å²) in [7, 11) is 1.53. The zero-order chi connectivity index (χ0) is 26.4. The molecule has 8 nitrogen and oxygen atoms in total. The van der Waals surface area contributed by atoms with E-state index in [4.69, 9.17) is 14.2 Å². The van der Waals surface area contributed by atoms with Crippen LogP contribution in [0, 0.1) is 0 Å². The molecular weight excluding hydrogens is 540 g/mol. The Hall–Kier alpha value is -3.14. The third-order valence-electron chi connectivity index (χ3n) is 6.49. The zero-order valence-electron chi connectivity index (χ0n) is 20.8. The van der Waals surface area contributed by atoms with Gasteiger partial charge in [-0.15, -0.1) is 0 Å². The molecule has 4 rings (SSSR count). The number of nitrogens with zero attached hydrogens (tertiary/aromatic N) is 2. The van der Waals surface area contributed by atoms with E-state index in [1.165, 1.54) is 7.11 Å². The number of carbonyl (C=O) groups excluding carboxylic acids is 2. The second kappa shape index (κ2) is 12.4. The number of rotatable bonds is 10. The summed E-state index contributed by atoms with van der Waals surface area (Å²) in [5.41, 5.74) is 1.16. The van der Waals surface area contributed by atoms with Crippen LogP contribution in [0.5, 0.6) is 11.5 Å². The fraction of sp³-hybridized carbons (Fsp3) is 0.357. The third kappa shape index (κ3) is 6.06. The lowest BCUT2D eigenvalue weighted by Gasteiger charge is -2.29. The first-order valence-corrected chi connectivity index (χ1v) is 13.0. The van der Waals surface area contributed by atoms with Crippen LogP contribution in [0.2, 0.25) is 0 Å². The van der Waals surface area contributed by atoms with Gasteiger partial charge < -0.3 is 24.2 Å². The molecule has 1 unspecified atom stereocenters. The highest BCUT2D eigenvalue weighted by Gasteiger charge is 2.46. The largest absolute Gasteiger partial charge is 0.507 e. The first-order chi connectivity index (χ1) is 17.9. The number of Topliss-reactive ketones (excluding diaryl/α,β-unsaturated/α-hetero) is 1. The number of morpholine rings is 1. The van der Waals surface area contributed by atoms with Gasteiger partial charge in [-0.05, 0) is 36.2 Å². The minimum Gasteiger partial charge on any atom is -0.507 e. The molecule has 37 heavy (non-hydrogen) atoms. The lowest BCUT2D eigenvalue weighted by Crippen LogP contribution is -2.39. The quantitative estimate of drug-likeness (QED) is 0.198. The zero-order valence-corrected chi connectivity index (χ0v) is 22.4. The van der Waals surface area contributed by atoms with Gasteiger partial charge in [0.15, 0.2) is 11.5 Å². The van der Waals surface area contributed by atoms with Crippen LogP contribution in [0.3, 0.4) is 0 Å². The molecule has 0 bridgehead atoms. The lowest BCUT2D eigenvalue weighted by molar-refractivity contribution is -0.140. The molecule has 196 valence electrons. The van der Waals surface area contributed by atoms with Gasteiger partial charge in [0.2, 0.25) is 0 Å². The number of likely N-dealkylation sites (tertiary alicyclic amines) is 1. The molecule has 2 fully saturated rings. The van der Waals surface area contributed by atoms with Crippen LogP contribution in [0.1, 0.15) is 23.6 Å². The van der Waals surface area contributed by atoms with Gasteiger partial charge in [-0.25, -0.2) is 0 Å². The summed E-state index contributed by atoms with van der Waals surface area (Å²) in [4.78, 5) is 30.4. The summed E-state index contributed by atoms with van der Waals surface area (Å²) >= 11 is 3.39. The average molecular weight is 571 g/mol. The molecule has 1 amide bonds. The monoisotopic (exact) mass is 570 g/mol. The van der Waals surface area contributed by atoms with Crippen LogP contribution in [0.25, 0.3) is 5.76 Å². The summed E-state index contributed by atoms with van der Waals surface area (Å²) in [6.07, 6.45) is 2.31. The van der Waals surface area contributed by atoms with Gasteiger partial charge >= 0.3 is 0 Å². The maximum atomic E-state index is 13.3. The second-order valence-corrected chi connectivity index (χ2v) is 9.73. The second-order valence-electron chi connectivity index (χ2n) is 8.82. The Morgan fingerprint density at radius 2 is 1.86 bits per heavy atom. The van der Waals surface area contributed by atoms with Crippen LogP contribution < -0.4 is 9.47 Å². The number of carbonyl (C=O) groups is 2. The van der Waals surface area contributed by atoms with Crippen molar-refractivity contribution in [2.24, 2.45) is 0 Å². The van der Waals surface area contributed by atoms with E-state index in [1.54, 1.807) is 53.4 Å². The molecule has 9 heteroatoms. The third-order valence-corrected chi connectivity index (χ3v) is 7.02. The Morgan fingerprint density at radius 3 is 2.54 bits per heavy atom. The maximum absolute atomic E-state index is 13.3. The van der Waals surface area contributed by atoms with Crippen LogP contribution in [-0.2, 0) is 14.3 Å². The number of ketones is 1. The SMILES string of the molecule is C=CCOc1ccc(C2/C(=C(\O)c3ccc(Br)cc3)C(=O)C(=O)N2CCCN2CCOCC2)cc1OC. The average Bonchev–Trinajstić information content (AvgIpc) is 3.17. The minimum absolute atomic E-state index is 0.0560. The highest BCUT2D eigenvalue weighted by atomic mass is 79.9. The van der Waals surface area contributed by atoms with Crippen molar-refractivity contribution in [2.75, 3.05) is 53.1 Å². The van der Waals surface area contributed by atoms with E-state index in [-0.39, 0.29) is 11.3 Å². The summed E-state index contributed by atoms with van der Waals surface area (Å²) in [6, 6.07) is 11.5. The van der Waals surface area contributed by atoms with E-state index in [1.807, 2.05) is 0 Å². The molecule has 0 saturated carbocycles. The van der Waals surface area contributed by atoms with Crippen molar-refractivity contribution in [3.8, 4) is 11.5 Å². The summed E-state index contributed by atoms with van der Waals surface area (Å²) in [6.45, 7) is 8.19. The molecule has 0 spiro atoms. The topological polar surface area (TPSA) is 88.5 Å². The fourth-order valence-corrected chi connectivity index (χ4v) is 4.90. The normalized spacial score (nSPS) is 19.7. The number of benzene rings is 2. The molecule has 1 atom stereocenters. The first-order valence-electron chi connectivity index (χ1n) is 12.2. The standard InChI is InChI=1S/C28H31BrN2O6/c1-3-15-37-22-10-7-20(18-23(22)35-2)25-24(26(32)19-5-8-21(29)9-6-19)27(33)28(34)31(25)12-4-11-30-13-16-36-17-14-30/h3,5-10,18,25,32H,1,4,11-17H2,2H3/b26-24+. The Labute approximate surface area is 225 Å². The van der Waals surface area contributed by atoms with E-state index in [0.29, 0.717) is 55.4 Å². The Kier molecular flexibility index (Phi) is 9.02. The van der Waals surface area contributed by atoms with Gasteiger partial charge in [0.05, 0.1) is 31.9 Å². The molecule has 2 aromatic rings. The van der Waals surface area contributed by atoms with Crippen LogP contribution >= 0.6 is 15.9 Å². The predicted octanol–water partition coefficient (Wildman–Crippen LogP) is 4.17. The van der Waals surface area contributed by atoms with Gasteiger partial charge in [-0.1, -0.05) is 46.8 Å². The molecule has 2 aliphatic rings. The molecule has 0 aromatic heterocycles. The number of aliphatic hydroxyl groups excluding tert-OH is 1. The van der Waals surface area contributed by atoms with Crippen molar-refractivity contribution in [3.63, 3.8) is 0 Å². The summed E-state index contributed by atoms with van der Waals surface area (Å²) in [5.74, 6) is -0.568. The number of ether oxygens (including phenoxy) is 3. The van der Waals surface area contributed by atoms with E-state index in [0.717, 1.165) is 24.1 Å². The molecular formula is C28H31BrN2O6. The van der Waals surface area contributed by atoms with Crippen molar-refractivity contribution in [2.45, 2.75) is 12.5 Å². The van der Waals surface area contributed by atoms with Crippen molar-refractivity contribution in [3.05, 3.63) is 76.3 Å². The Balaban J connectivity index is 1.71. The minimum atomic E-state index is -0.768. The van der Waals surface area contributed by atoms with Crippen molar-refractivity contribution in [1.82, 2.24) is 9.80 Å². The molecule has 0 radical (unpaired) electrons. The van der Waals surface area contributed by atoms with E-state index in [2.05, 4.69) is 27.4 Å². The Bertz CT molecular complexity index is 1170. The van der Waals surface area contributed by atoms with Gasteiger partial charge in [0.1, 0.15) is 12.4 Å². The first kappa shape index (κ1) is 26.9. The number of amides is 1. The van der Waals surface area contributed by atoms with Gasteiger partial charge in [0, 0.05) is 36.2 Å². The Morgan fingerprint density at radius 1 is 1.14 bits per heavy atom. The van der Waals surface area contributed by atoms with Crippen LogP contribution in [-0.4, -0.2) is 79.7 Å². The molecule has 1 N–H and O–H groups in total.